The molecule has 1 aromatic carbocycles. The van der Waals surface area contributed by atoms with Crippen molar-refractivity contribution < 1.29 is 37.5 Å². The zero-order valence-electron chi connectivity index (χ0n) is 15.0. The number of halogens is 2. The van der Waals surface area contributed by atoms with E-state index in [2.05, 4.69) is 68.4 Å². The van der Waals surface area contributed by atoms with Crippen LogP contribution in [0.3, 0.4) is 0 Å². The van der Waals surface area contributed by atoms with Crippen LogP contribution in [0, 0.1) is 0 Å². The second-order valence-electron chi connectivity index (χ2n) is 3.88. The standard InChI is InChI=1S/C13H18NO.2C2H6.I2.Y/c1-4-12-5-7-13(8-6-12)9-14(3)11(2)10-15;3*1-2;/h5-8,11H,4,9H2,1-3H3;2*1-2H3;;/q-1;;;;. The number of nitrogens with zero attached hydrogens (tertiary/aromatic N) is 1. The Hall–Kier alpha value is 1.41. The molecule has 1 unspecified atom stereocenters. The van der Waals surface area contributed by atoms with Crippen LogP contribution in [0.5, 0.6) is 0 Å². The second kappa shape index (κ2) is 24.7. The van der Waals surface area contributed by atoms with Gasteiger partial charge in [0.25, 0.3) is 0 Å². The Morgan fingerprint density at radius 1 is 1.05 bits per heavy atom. The molecule has 0 spiro atoms. The van der Waals surface area contributed by atoms with Crippen molar-refractivity contribution in [3.05, 3.63) is 35.4 Å². The smallest absolute Gasteiger partial charge is 0.0207 e. The molecule has 0 saturated heterocycles. The zero-order chi connectivity index (χ0) is 17.3. The summed E-state index contributed by atoms with van der Waals surface area (Å²) >= 11 is 4.24. The van der Waals surface area contributed by atoms with Crippen molar-refractivity contribution in [3.8, 4) is 0 Å². The Bertz CT molecular complexity index is 321. The summed E-state index contributed by atoms with van der Waals surface area (Å²) in [4.78, 5) is 12.5. The SMILES string of the molecule is CC.CC.CCc1ccc(CN(C)C(C)[C-]=O)cc1.II.[Y]. The van der Waals surface area contributed by atoms with E-state index in [-0.39, 0.29) is 38.8 Å². The summed E-state index contributed by atoms with van der Waals surface area (Å²) < 4.78 is 0. The van der Waals surface area contributed by atoms with E-state index in [0.29, 0.717) is 0 Å². The molecule has 0 aliphatic heterocycles. The molecule has 5 heteroatoms. The number of aryl methyl sites for hydroxylation is 1. The average molecular weight is 607 g/mol. The second-order valence-corrected chi connectivity index (χ2v) is 3.88. The first kappa shape index (κ1) is 31.2. The molecule has 0 bridgehead atoms. The molecule has 127 valence electrons. The fraction of sp³-hybridized carbons (Fsp3) is 0.588. The number of likely N-dealkylation sites (N-methyl/N-ethyl adjacent to an activating group) is 1. The van der Waals surface area contributed by atoms with Gasteiger partial charge in [0.2, 0.25) is 0 Å². The predicted molar refractivity (Wildman–Crippen MR) is 113 cm³/mol. The Balaban J connectivity index is -0.000000206. The van der Waals surface area contributed by atoms with E-state index < -0.39 is 0 Å². The van der Waals surface area contributed by atoms with Crippen LogP contribution in [0.4, 0.5) is 0 Å². The quantitative estimate of drug-likeness (QED) is 0.303. The maximum atomic E-state index is 10.5. The maximum Gasteiger partial charge on any atom is 0.0207 e. The van der Waals surface area contributed by atoms with Crippen molar-refractivity contribution in [3.63, 3.8) is 0 Å². The van der Waals surface area contributed by atoms with Gasteiger partial charge in [-0.15, -0.1) is 0 Å². The van der Waals surface area contributed by atoms with Gasteiger partial charge in [-0.05, 0) is 24.6 Å². The van der Waals surface area contributed by atoms with Crippen LogP contribution in [0.15, 0.2) is 24.3 Å². The number of hydrogen-bond acceptors (Lipinski definition) is 2. The van der Waals surface area contributed by atoms with E-state index in [0.717, 1.165) is 13.0 Å². The molecular formula is C17H30I2NOY-. The van der Waals surface area contributed by atoms with Gasteiger partial charge in [-0.3, -0.25) is 0 Å². The fourth-order valence-electron chi connectivity index (χ4n) is 1.40. The zero-order valence-corrected chi connectivity index (χ0v) is 22.1. The molecule has 0 saturated carbocycles. The summed E-state index contributed by atoms with van der Waals surface area (Å²) in [5, 5.41) is 0. The van der Waals surface area contributed by atoms with E-state index in [9.17, 15) is 4.79 Å². The number of benzene rings is 1. The summed E-state index contributed by atoms with van der Waals surface area (Å²) in [6.07, 6.45) is 3.05. The molecule has 1 aromatic rings. The van der Waals surface area contributed by atoms with Crippen molar-refractivity contribution in [2.24, 2.45) is 0 Å². The Morgan fingerprint density at radius 3 is 1.73 bits per heavy atom. The third kappa shape index (κ3) is 16.3. The van der Waals surface area contributed by atoms with E-state index in [1.807, 2.05) is 52.9 Å². The van der Waals surface area contributed by atoms with Gasteiger partial charge in [-0.2, -0.15) is 0 Å². The average Bonchev–Trinajstić information content (AvgIpc) is 2.60. The molecular weight excluding hydrogens is 577 g/mol. The monoisotopic (exact) mass is 607 g/mol. The summed E-state index contributed by atoms with van der Waals surface area (Å²) in [7, 11) is 1.93. The summed E-state index contributed by atoms with van der Waals surface area (Å²) in [5.41, 5.74) is 2.58. The van der Waals surface area contributed by atoms with Gasteiger partial charge in [0, 0.05) is 76.5 Å². The van der Waals surface area contributed by atoms with E-state index in [4.69, 9.17) is 0 Å². The molecule has 1 radical (unpaired) electrons. The topological polar surface area (TPSA) is 20.3 Å². The minimum absolute atomic E-state index is 0. The van der Waals surface area contributed by atoms with Gasteiger partial charge in [-0.1, -0.05) is 71.8 Å². The number of rotatable bonds is 5. The fourth-order valence-corrected chi connectivity index (χ4v) is 1.40. The first-order valence-electron chi connectivity index (χ1n) is 7.47. The predicted octanol–water partition coefficient (Wildman–Crippen LogP) is 6.00. The molecule has 1 atom stereocenters. The third-order valence-corrected chi connectivity index (χ3v) is 2.69. The van der Waals surface area contributed by atoms with Gasteiger partial charge in [-0.25, -0.2) is 6.29 Å². The molecule has 22 heavy (non-hydrogen) atoms. The molecule has 0 aromatic heterocycles. The molecule has 0 heterocycles. The molecule has 0 fully saturated rings. The van der Waals surface area contributed by atoms with Crippen molar-refractivity contribution in [1.29, 1.82) is 0 Å². The van der Waals surface area contributed by atoms with Gasteiger partial charge in [0.15, 0.2) is 0 Å². The minimum Gasteiger partial charge on any atom is -0.540 e. The molecule has 2 nitrogen and oxygen atoms in total. The van der Waals surface area contributed by atoms with Crippen molar-refractivity contribution in [2.75, 3.05) is 7.05 Å². The summed E-state index contributed by atoms with van der Waals surface area (Å²) in [5.74, 6) is 0. The van der Waals surface area contributed by atoms with Crippen molar-refractivity contribution >= 4 is 43.5 Å². The molecule has 0 aliphatic rings. The third-order valence-electron chi connectivity index (χ3n) is 2.69. The largest absolute Gasteiger partial charge is 0.540 e. The number of carbonyl (C=O) groups excluding carboxylic acids is 1. The summed E-state index contributed by atoms with van der Waals surface area (Å²) in [6.45, 7) is 12.8. The van der Waals surface area contributed by atoms with Crippen LogP contribution in [0.25, 0.3) is 0 Å². The van der Waals surface area contributed by atoms with E-state index in [1.165, 1.54) is 11.1 Å². The normalized spacial score (nSPS) is 9.55. The maximum absolute atomic E-state index is 10.5. The van der Waals surface area contributed by atoms with Gasteiger partial charge in [0.1, 0.15) is 0 Å². The van der Waals surface area contributed by atoms with Gasteiger partial charge < -0.3 is 9.69 Å². The minimum atomic E-state index is -0.143. The van der Waals surface area contributed by atoms with E-state index in [1.54, 1.807) is 0 Å². The summed E-state index contributed by atoms with van der Waals surface area (Å²) in [6, 6.07) is 8.37. The molecule has 0 amide bonds. The Kier molecular flexibility index (Phi) is 35.0. The molecule has 0 N–H and O–H groups in total. The van der Waals surface area contributed by atoms with Crippen LogP contribution in [0.2, 0.25) is 0 Å². The molecule has 1 rings (SSSR count). The van der Waals surface area contributed by atoms with E-state index >= 15 is 0 Å². The Labute approximate surface area is 186 Å². The molecule has 0 aliphatic carbocycles. The van der Waals surface area contributed by atoms with Crippen LogP contribution in [-0.4, -0.2) is 24.3 Å². The van der Waals surface area contributed by atoms with Crippen molar-refractivity contribution in [1.82, 2.24) is 4.90 Å². The first-order chi connectivity index (χ1) is 10.2. The van der Waals surface area contributed by atoms with Crippen molar-refractivity contribution in [2.45, 2.75) is 60.5 Å². The first-order valence-corrected chi connectivity index (χ1v) is 13.8. The van der Waals surface area contributed by atoms with Gasteiger partial charge >= 0.3 is 0 Å². The van der Waals surface area contributed by atoms with Crippen LogP contribution in [-0.2, 0) is 50.5 Å². The Morgan fingerprint density at radius 2 is 1.41 bits per heavy atom. The number of hydrogen-bond donors (Lipinski definition) is 0. The van der Waals surface area contributed by atoms with Crippen LogP contribution >= 0.6 is 37.2 Å². The van der Waals surface area contributed by atoms with Crippen LogP contribution in [0.1, 0.15) is 52.7 Å². The van der Waals surface area contributed by atoms with Gasteiger partial charge in [0.05, 0.1) is 0 Å². The van der Waals surface area contributed by atoms with Crippen LogP contribution < -0.4 is 0 Å².